The van der Waals surface area contributed by atoms with Crippen LogP contribution >= 0.6 is 11.6 Å². The first-order valence-electron chi connectivity index (χ1n) is 6.78. The van der Waals surface area contributed by atoms with Crippen molar-refractivity contribution in [2.75, 3.05) is 30.7 Å². The van der Waals surface area contributed by atoms with Crippen LogP contribution in [0, 0.1) is 0 Å². The highest BCUT2D eigenvalue weighted by atomic mass is 35.5. The number of nitrogens with two attached hydrogens (primary N) is 2. The number of carbonyl (C=O) groups is 2. The molecule has 0 spiro atoms. The lowest BCUT2D eigenvalue weighted by atomic mass is 10.2. The molecule has 0 bridgehead atoms. The first kappa shape index (κ1) is 17.3. The van der Waals surface area contributed by atoms with Crippen LogP contribution in [0.15, 0.2) is 18.2 Å². The molecule has 0 unspecified atom stereocenters. The van der Waals surface area contributed by atoms with Crippen LogP contribution in [0.5, 0.6) is 0 Å². The van der Waals surface area contributed by atoms with Crippen molar-refractivity contribution in [1.29, 1.82) is 0 Å². The number of rotatable bonds is 8. The van der Waals surface area contributed by atoms with Gasteiger partial charge in [-0.1, -0.05) is 18.5 Å². The average Bonchev–Trinajstić information content (AvgIpc) is 2.41. The molecule has 0 aromatic heterocycles. The van der Waals surface area contributed by atoms with Crippen molar-refractivity contribution in [1.82, 2.24) is 4.90 Å². The van der Waals surface area contributed by atoms with Crippen LogP contribution in [-0.4, -0.2) is 36.3 Å². The number of nitrogens with one attached hydrogen (secondary N) is 1. The van der Waals surface area contributed by atoms with E-state index < -0.39 is 0 Å². The number of carbonyl (C=O) groups excluding carboxylic acids is 2. The number of nitrogens with zero attached hydrogens (tertiary/aromatic N) is 1. The van der Waals surface area contributed by atoms with Gasteiger partial charge in [0, 0.05) is 11.4 Å². The zero-order valence-corrected chi connectivity index (χ0v) is 12.8. The predicted molar refractivity (Wildman–Crippen MR) is 85.0 cm³/mol. The molecule has 0 heterocycles. The van der Waals surface area contributed by atoms with Gasteiger partial charge in [0.1, 0.15) is 0 Å². The Hall–Kier alpha value is -1.79. The highest BCUT2D eigenvalue weighted by molar-refractivity contribution is 6.31. The third-order valence-corrected chi connectivity index (χ3v) is 3.23. The Bertz CT molecular complexity index is 508. The topological polar surface area (TPSA) is 101 Å². The Balaban J connectivity index is 2.40. The van der Waals surface area contributed by atoms with Gasteiger partial charge in [-0.3, -0.25) is 14.5 Å². The number of nitrogen functional groups attached to an aromatic ring is 1. The summed E-state index contributed by atoms with van der Waals surface area (Å²) in [5.74, 6) is -0.507. The minimum Gasteiger partial charge on any atom is -0.397 e. The molecule has 0 aliphatic heterocycles. The third-order valence-electron chi connectivity index (χ3n) is 2.99. The van der Waals surface area contributed by atoms with Crippen molar-refractivity contribution in [2.24, 2.45) is 5.73 Å². The van der Waals surface area contributed by atoms with E-state index in [0.717, 1.165) is 0 Å². The molecular formula is C14H21ClN4O2. The van der Waals surface area contributed by atoms with Gasteiger partial charge in [0.25, 0.3) is 0 Å². The molecule has 5 N–H and O–H groups in total. The zero-order valence-electron chi connectivity index (χ0n) is 12.1. The molecule has 0 saturated heterocycles. The summed E-state index contributed by atoms with van der Waals surface area (Å²) in [6.07, 6.45) is 0.967. The molecule has 7 heteroatoms. The van der Waals surface area contributed by atoms with Crippen molar-refractivity contribution in [3.63, 3.8) is 0 Å². The standard InChI is InChI=1S/C14H21ClN4O2/c1-2-19(9-13(17)20)7-3-4-14(21)18-12-8-10(15)5-6-11(12)16/h5-6,8H,2-4,7,9,16H2,1H3,(H2,17,20)(H,18,21). The van der Waals surface area contributed by atoms with Crippen molar-refractivity contribution in [3.8, 4) is 0 Å². The van der Waals surface area contributed by atoms with E-state index in [1.807, 2.05) is 11.8 Å². The predicted octanol–water partition coefficient (Wildman–Crippen LogP) is 1.45. The van der Waals surface area contributed by atoms with Crippen LogP contribution in [0.25, 0.3) is 0 Å². The van der Waals surface area contributed by atoms with E-state index in [1.54, 1.807) is 18.2 Å². The fourth-order valence-corrected chi connectivity index (χ4v) is 2.05. The van der Waals surface area contributed by atoms with Crippen LogP contribution in [0.4, 0.5) is 11.4 Å². The molecule has 1 aromatic rings. The molecule has 2 amide bonds. The van der Waals surface area contributed by atoms with Crippen molar-refractivity contribution >= 4 is 34.8 Å². The molecule has 0 radical (unpaired) electrons. The Morgan fingerprint density at radius 3 is 2.71 bits per heavy atom. The maximum absolute atomic E-state index is 11.8. The zero-order chi connectivity index (χ0) is 15.8. The van der Waals surface area contributed by atoms with Crippen LogP contribution in [0.3, 0.4) is 0 Å². The van der Waals surface area contributed by atoms with Gasteiger partial charge in [0.15, 0.2) is 0 Å². The van der Waals surface area contributed by atoms with E-state index in [9.17, 15) is 9.59 Å². The minimum absolute atomic E-state index is 0.140. The number of likely N-dealkylation sites (N-methyl/N-ethyl adjacent to an activating group) is 1. The van der Waals surface area contributed by atoms with Gasteiger partial charge in [-0.2, -0.15) is 0 Å². The molecule has 0 fully saturated rings. The Morgan fingerprint density at radius 2 is 2.10 bits per heavy atom. The van der Waals surface area contributed by atoms with E-state index >= 15 is 0 Å². The monoisotopic (exact) mass is 312 g/mol. The van der Waals surface area contributed by atoms with Crippen LogP contribution in [0.2, 0.25) is 5.02 Å². The quantitative estimate of drug-likeness (QED) is 0.632. The number of hydrogen-bond donors (Lipinski definition) is 3. The van der Waals surface area contributed by atoms with E-state index in [2.05, 4.69) is 5.32 Å². The summed E-state index contributed by atoms with van der Waals surface area (Å²) in [7, 11) is 0. The first-order valence-corrected chi connectivity index (χ1v) is 7.15. The smallest absolute Gasteiger partial charge is 0.231 e. The van der Waals surface area contributed by atoms with Gasteiger partial charge in [-0.05, 0) is 37.7 Å². The van der Waals surface area contributed by atoms with Gasteiger partial charge in [0.2, 0.25) is 11.8 Å². The number of primary amides is 1. The Morgan fingerprint density at radius 1 is 1.38 bits per heavy atom. The SMILES string of the molecule is CCN(CCCC(=O)Nc1cc(Cl)ccc1N)CC(N)=O. The molecule has 21 heavy (non-hydrogen) atoms. The second kappa shape index (κ2) is 8.49. The highest BCUT2D eigenvalue weighted by Crippen LogP contribution is 2.23. The van der Waals surface area contributed by atoms with Crippen LogP contribution in [0.1, 0.15) is 19.8 Å². The van der Waals surface area contributed by atoms with E-state index in [0.29, 0.717) is 42.3 Å². The molecule has 0 aliphatic carbocycles. The summed E-state index contributed by atoms with van der Waals surface area (Å²) in [5.41, 5.74) is 11.9. The fourth-order valence-electron chi connectivity index (χ4n) is 1.88. The summed E-state index contributed by atoms with van der Waals surface area (Å²) in [4.78, 5) is 24.6. The molecular weight excluding hydrogens is 292 g/mol. The molecule has 116 valence electrons. The average molecular weight is 313 g/mol. The van der Waals surface area contributed by atoms with Gasteiger partial charge < -0.3 is 16.8 Å². The Labute approximate surface area is 129 Å². The summed E-state index contributed by atoms with van der Waals surface area (Å²) < 4.78 is 0. The number of halogens is 1. The fraction of sp³-hybridized carbons (Fsp3) is 0.429. The number of hydrogen-bond acceptors (Lipinski definition) is 4. The molecule has 0 atom stereocenters. The summed E-state index contributed by atoms with van der Waals surface area (Å²) >= 11 is 5.86. The molecule has 6 nitrogen and oxygen atoms in total. The lowest BCUT2D eigenvalue weighted by Crippen LogP contribution is -2.34. The van der Waals surface area contributed by atoms with Gasteiger partial charge in [0.05, 0.1) is 17.9 Å². The second-order valence-electron chi connectivity index (χ2n) is 4.72. The van der Waals surface area contributed by atoms with E-state index in [1.165, 1.54) is 0 Å². The maximum atomic E-state index is 11.8. The second-order valence-corrected chi connectivity index (χ2v) is 5.15. The largest absolute Gasteiger partial charge is 0.397 e. The number of benzene rings is 1. The number of anilines is 2. The lowest BCUT2D eigenvalue weighted by molar-refractivity contribution is -0.119. The highest BCUT2D eigenvalue weighted by Gasteiger charge is 2.09. The molecule has 0 aliphatic rings. The van der Waals surface area contributed by atoms with Crippen LogP contribution in [-0.2, 0) is 9.59 Å². The maximum Gasteiger partial charge on any atom is 0.231 e. The Kier molecular flexibility index (Phi) is 6.98. The summed E-state index contributed by atoms with van der Waals surface area (Å²) in [5, 5.41) is 3.24. The van der Waals surface area contributed by atoms with Gasteiger partial charge >= 0.3 is 0 Å². The van der Waals surface area contributed by atoms with Crippen molar-refractivity contribution in [2.45, 2.75) is 19.8 Å². The minimum atomic E-state index is -0.368. The van der Waals surface area contributed by atoms with Crippen LogP contribution < -0.4 is 16.8 Å². The lowest BCUT2D eigenvalue weighted by Gasteiger charge is -2.18. The molecule has 0 saturated carbocycles. The van der Waals surface area contributed by atoms with E-state index in [4.69, 9.17) is 23.1 Å². The molecule has 1 rings (SSSR count). The van der Waals surface area contributed by atoms with E-state index in [-0.39, 0.29) is 18.4 Å². The number of amides is 2. The first-order chi connectivity index (χ1) is 9.92. The summed E-state index contributed by atoms with van der Waals surface area (Å²) in [6, 6.07) is 4.92. The summed E-state index contributed by atoms with van der Waals surface area (Å²) in [6.45, 7) is 3.50. The van der Waals surface area contributed by atoms with Gasteiger partial charge in [-0.15, -0.1) is 0 Å². The molecule has 1 aromatic carbocycles. The van der Waals surface area contributed by atoms with Crippen molar-refractivity contribution in [3.05, 3.63) is 23.2 Å². The van der Waals surface area contributed by atoms with Crippen molar-refractivity contribution < 1.29 is 9.59 Å². The van der Waals surface area contributed by atoms with Gasteiger partial charge in [-0.25, -0.2) is 0 Å². The normalized spacial score (nSPS) is 10.6. The third kappa shape index (κ3) is 6.46.